The molecule has 2 aromatic carbocycles. The molecule has 100 valence electrons. The number of ether oxygens (including phenoxy) is 1. The quantitative estimate of drug-likeness (QED) is 0.763. The summed E-state index contributed by atoms with van der Waals surface area (Å²) >= 11 is 0. The fourth-order valence-electron chi connectivity index (χ4n) is 2.29. The van der Waals surface area contributed by atoms with Gasteiger partial charge in [-0.3, -0.25) is 0 Å². The van der Waals surface area contributed by atoms with Crippen molar-refractivity contribution in [1.29, 1.82) is 0 Å². The van der Waals surface area contributed by atoms with Crippen molar-refractivity contribution in [3.05, 3.63) is 54.2 Å². The smallest absolute Gasteiger partial charge is 0.352 e. The summed E-state index contributed by atoms with van der Waals surface area (Å²) in [7, 11) is 1.63. The standard InChI is InChI=1S/C16H13NO3/c1-20-15-5-3-2-4-12(15)10-6-7-11-9-14(16(18)19)17-13(11)8-10/h2-9,17H,1H3,(H,18,19). The lowest BCUT2D eigenvalue weighted by molar-refractivity contribution is 0.0691. The van der Waals surface area contributed by atoms with E-state index < -0.39 is 5.97 Å². The average Bonchev–Trinajstić information content (AvgIpc) is 2.90. The van der Waals surface area contributed by atoms with Crippen LogP contribution in [0.25, 0.3) is 22.0 Å². The molecular formula is C16H13NO3. The van der Waals surface area contributed by atoms with Gasteiger partial charge in [-0.25, -0.2) is 4.79 Å². The lowest BCUT2D eigenvalue weighted by atomic mass is 10.0. The molecule has 0 fully saturated rings. The second-order valence-corrected chi connectivity index (χ2v) is 4.49. The molecule has 0 radical (unpaired) electrons. The number of carboxylic acids is 1. The molecular weight excluding hydrogens is 254 g/mol. The highest BCUT2D eigenvalue weighted by Crippen LogP contribution is 2.31. The topological polar surface area (TPSA) is 62.3 Å². The Hall–Kier alpha value is -2.75. The summed E-state index contributed by atoms with van der Waals surface area (Å²) in [6.45, 7) is 0. The summed E-state index contributed by atoms with van der Waals surface area (Å²) in [5, 5.41) is 9.88. The molecule has 1 heterocycles. The van der Waals surface area contributed by atoms with Crippen molar-refractivity contribution in [2.24, 2.45) is 0 Å². The Morgan fingerprint density at radius 2 is 1.95 bits per heavy atom. The monoisotopic (exact) mass is 267 g/mol. The maximum absolute atomic E-state index is 11.0. The fraction of sp³-hybridized carbons (Fsp3) is 0.0625. The van der Waals surface area contributed by atoms with Crippen molar-refractivity contribution in [2.45, 2.75) is 0 Å². The summed E-state index contributed by atoms with van der Waals surface area (Å²) < 4.78 is 5.35. The Balaban J connectivity index is 2.15. The second-order valence-electron chi connectivity index (χ2n) is 4.49. The van der Waals surface area contributed by atoms with Crippen LogP contribution in [-0.4, -0.2) is 23.2 Å². The van der Waals surface area contributed by atoms with Gasteiger partial charge >= 0.3 is 5.97 Å². The van der Waals surface area contributed by atoms with Gasteiger partial charge in [0.15, 0.2) is 0 Å². The number of H-pyrrole nitrogens is 1. The largest absolute Gasteiger partial charge is 0.496 e. The van der Waals surface area contributed by atoms with Gasteiger partial charge in [-0.05, 0) is 23.8 Å². The van der Waals surface area contributed by atoms with E-state index in [1.165, 1.54) is 0 Å². The van der Waals surface area contributed by atoms with E-state index in [2.05, 4.69) is 4.98 Å². The van der Waals surface area contributed by atoms with Crippen LogP contribution < -0.4 is 4.74 Å². The van der Waals surface area contributed by atoms with Crippen molar-refractivity contribution in [2.75, 3.05) is 7.11 Å². The van der Waals surface area contributed by atoms with E-state index in [4.69, 9.17) is 9.84 Å². The first kappa shape index (κ1) is 12.3. The molecule has 0 unspecified atom stereocenters. The van der Waals surface area contributed by atoms with E-state index in [1.54, 1.807) is 13.2 Å². The first-order valence-corrected chi connectivity index (χ1v) is 6.18. The zero-order valence-corrected chi connectivity index (χ0v) is 10.9. The molecule has 4 nitrogen and oxygen atoms in total. The van der Waals surface area contributed by atoms with Crippen molar-refractivity contribution >= 4 is 16.9 Å². The number of benzene rings is 2. The molecule has 2 N–H and O–H groups in total. The van der Waals surface area contributed by atoms with Gasteiger partial charge < -0.3 is 14.8 Å². The van der Waals surface area contributed by atoms with Gasteiger partial charge in [0.05, 0.1) is 7.11 Å². The first-order chi connectivity index (χ1) is 9.69. The third-order valence-electron chi connectivity index (χ3n) is 3.27. The molecule has 4 heteroatoms. The number of aromatic carboxylic acids is 1. The van der Waals surface area contributed by atoms with Gasteiger partial charge in [-0.2, -0.15) is 0 Å². The molecule has 0 saturated heterocycles. The molecule has 0 spiro atoms. The SMILES string of the molecule is COc1ccccc1-c1ccc2cc(C(=O)O)[nH]c2c1. The summed E-state index contributed by atoms with van der Waals surface area (Å²) in [6.07, 6.45) is 0. The van der Waals surface area contributed by atoms with Crippen LogP contribution in [0, 0.1) is 0 Å². The molecule has 3 aromatic rings. The minimum atomic E-state index is -0.958. The highest BCUT2D eigenvalue weighted by Gasteiger charge is 2.10. The second kappa shape index (κ2) is 4.74. The average molecular weight is 267 g/mol. The van der Waals surface area contributed by atoms with Crippen molar-refractivity contribution in [3.8, 4) is 16.9 Å². The highest BCUT2D eigenvalue weighted by atomic mass is 16.5. The van der Waals surface area contributed by atoms with Crippen LogP contribution in [0.3, 0.4) is 0 Å². The Labute approximate surface area is 115 Å². The van der Waals surface area contributed by atoms with Crippen LogP contribution in [0.1, 0.15) is 10.5 Å². The predicted molar refractivity (Wildman–Crippen MR) is 77.2 cm³/mol. The number of fused-ring (bicyclic) bond motifs is 1. The van der Waals surface area contributed by atoms with Crippen LogP contribution in [0.2, 0.25) is 0 Å². The molecule has 0 aliphatic heterocycles. The number of nitrogens with one attached hydrogen (secondary N) is 1. The van der Waals surface area contributed by atoms with Crippen molar-refractivity contribution < 1.29 is 14.6 Å². The fourth-order valence-corrected chi connectivity index (χ4v) is 2.29. The van der Waals surface area contributed by atoms with Crippen molar-refractivity contribution in [3.63, 3.8) is 0 Å². The number of hydrogen-bond acceptors (Lipinski definition) is 2. The number of carboxylic acid groups (broad SMARTS) is 1. The summed E-state index contributed by atoms with van der Waals surface area (Å²) in [6, 6.07) is 15.2. The lowest BCUT2D eigenvalue weighted by Crippen LogP contribution is -1.94. The lowest BCUT2D eigenvalue weighted by Gasteiger charge is -2.08. The highest BCUT2D eigenvalue weighted by molar-refractivity contribution is 5.95. The van der Waals surface area contributed by atoms with Gasteiger partial charge in [0.25, 0.3) is 0 Å². The Kier molecular flexibility index (Phi) is 2.91. The zero-order chi connectivity index (χ0) is 14.1. The number of aromatic nitrogens is 1. The minimum Gasteiger partial charge on any atom is -0.496 e. The minimum absolute atomic E-state index is 0.192. The van der Waals surface area contributed by atoms with E-state index in [0.29, 0.717) is 0 Å². The van der Waals surface area contributed by atoms with Crippen LogP contribution in [0.5, 0.6) is 5.75 Å². The maximum atomic E-state index is 11.0. The third-order valence-corrected chi connectivity index (χ3v) is 3.27. The molecule has 0 aliphatic rings. The van der Waals surface area contributed by atoms with Gasteiger partial charge in [0.1, 0.15) is 11.4 Å². The number of carbonyl (C=O) groups is 1. The van der Waals surface area contributed by atoms with Crippen LogP contribution in [0.4, 0.5) is 0 Å². The molecule has 0 aliphatic carbocycles. The van der Waals surface area contributed by atoms with E-state index in [9.17, 15) is 4.79 Å². The van der Waals surface area contributed by atoms with Gasteiger partial charge in [-0.1, -0.05) is 30.3 Å². The van der Waals surface area contributed by atoms with E-state index in [-0.39, 0.29) is 5.69 Å². The molecule has 1 aromatic heterocycles. The molecule has 0 saturated carbocycles. The molecule has 0 atom stereocenters. The zero-order valence-electron chi connectivity index (χ0n) is 10.9. The number of hydrogen-bond donors (Lipinski definition) is 2. The molecule has 20 heavy (non-hydrogen) atoms. The Morgan fingerprint density at radius 3 is 2.70 bits per heavy atom. The Morgan fingerprint density at radius 1 is 1.15 bits per heavy atom. The van der Waals surface area contributed by atoms with Crippen LogP contribution >= 0.6 is 0 Å². The van der Waals surface area contributed by atoms with E-state index in [1.807, 2.05) is 42.5 Å². The van der Waals surface area contributed by atoms with E-state index >= 15 is 0 Å². The maximum Gasteiger partial charge on any atom is 0.352 e. The third kappa shape index (κ3) is 2.01. The summed E-state index contributed by atoms with van der Waals surface area (Å²) in [5.74, 6) is -0.170. The van der Waals surface area contributed by atoms with E-state index in [0.717, 1.165) is 27.8 Å². The number of para-hydroxylation sites is 1. The summed E-state index contributed by atoms with van der Waals surface area (Å²) in [4.78, 5) is 13.9. The predicted octanol–water partition coefficient (Wildman–Crippen LogP) is 3.54. The van der Waals surface area contributed by atoms with Crippen LogP contribution in [-0.2, 0) is 0 Å². The first-order valence-electron chi connectivity index (χ1n) is 6.18. The Bertz CT molecular complexity index is 789. The molecule has 3 rings (SSSR count). The van der Waals surface area contributed by atoms with Gasteiger partial charge in [0.2, 0.25) is 0 Å². The van der Waals surface area contributed by atoms with Crippen LogP contribution in [0.15, 0.2) is 48.5 Å². The molecule has 0 amide bonds. The number of aromatic amines is 1. The number of methoxy groups -OCH3 is 1. The molecule has 0 bridgehead atoms. The normalized spacial score (nSPS) is 10.7. The van der Waals surface area contributed by atoms with Gasteiger partial charge in [0, 0.05) is 16.5 Å². The summed E-state index contributed by atoms with van der Waals surface area (Å²) in [5.41, 5.74) is 2.94. The van der Waals surface area contributed by atoms with Crippen molar-refractivity contribution in [1.82, 2.24) is 4.98 Å². The number of rotatable bonds is 3. The van der Waals surface area contributed by atoms with Gasteiger partial charge in [-0.15, -0.1) is 0 Å².